The van der Waals surface area contributed by atoms with Crippen LogP contribution in [0.3, 0.4) is 0 Å². The highest BCUT2D eigenvalue weighted by Gasteiger charge is 2.62. The molecule has 2 aliphatic rings. The molecule has 1 heteroatoms. The number of fused-ring (bicyclic) bond motifs is 1. The fourth-order valence-corrected chi connectivity index (χ4v) is 3.60. The lowest BCUT2D eigenvalue weighted by atomic mass is 9.42. The van der Waals surface area contributed by atoms with Gasteiger partial charge >= 0.3 is 0 Å². The Morgan fingerprint density at radius 1 is 1.29 bits per heavy atom. The van der Waals surface area contributed by atoms with Crippen LogP contribution in [0.5, 0.6) is 0 Å². The van der Waals surface area contributed by atoms with Crippen LogP contribution in [-0.4, -0.2) is 11.6 Å². The standard InChI is InChI=1S/C13H25N/c1-9(2)14-13-7-6-10(13)11(8-13)12(3,4)5/h9-11,14H,6-8H2,1-5H3. The first kappa shape index (κ1) is 10.5. The van der Waals surface area contributed by atoms with Gasteiger partial charge in [-0.1, -0.05) is 34.6 Å². The largest absolute Gasteiger partial charge is 0.309 e. The quantitative estimate of drug-likeness (QED) is 0.713. The van der Waals surface area contributed by atoms with E-state index in [1.54, 1.807) is 0 Å². The number of nitrogens with one attached hydrogen (secondary N) is 1. The Morgan fingerprint density at radius 3 is 2.21 bits per heavy atom. The molecule has 2 rings (SSSR count). The van der Waals surface area contributed by atoms with E-state index in [0.717, 1.165) is 11.8 Å². The zero-order chi connectivity index (χ0) is 10.6. The summed E-state index contributed by atoms with van der Waals surface area (Å²) in [5.41, 5.74) is 1.08. The highest BCUT2D eigenvalue weighted by atomic mass is 15.1. The van der Waals surface area contributed by atoms with Gasteiger partial charge in [-0.2, -0.15) is 0 Å². The van der Waals surface area contributed by atoms with Gasteiger partial charge in [0.05, 0.1) is 0 Å². The molecule has 0 aromatic carbocycles. The summed E-state index contributed by atoms with van der Waals surface area (Å²) in [5, 5.41) is 3.79. The van der Waals surface area contributed by atoms with Gasteiger partial charge < -0.3 is 5.32 Å². The monoisotopic (exact) mass is 195 g/mol. The molecule has 0 spiro atoms. The first-order valence-electron chi connectivity index (χ1n) is 6.13. The van der Waals surface area contributed by atoms with E-state index in [9.17, 15) is 0 Å². The third kappa shape index (κ3) is 1.41. The third-order valence-electron chi connectivity index (χ3n) is 4.37. The average molecular weight is 195 g/mol. The van der Waals surface area contributed by atoms with Crippen LogP contribution in [0.4, 0.5) is 0 Å². The van der Waals surface area contributed by atoms with Gasteiger partial charge in [0.1, 0.15) is 0 Å². The predicted octanol–water partition coefficient (Wildman–Crippen LogP) is 3.20. The molecule has 3 unspecified atom stereocenters. The minimum atomic E-state index is 0.521. The first-order valence-corrected chi connectivity index (χ1v) is 6.13. The Hall–Kier alpha value is -0.0400. The van der Waals surface area contributed by atoms with Gasteiger partial charge in [-0.3, -0.25) is 0 Å². The smallest absolute Gasteiger partial charge is 0.0217 e. The minimum Gasteiger partial charge on any atom is -0.309 e. The SMILES string of the molecule is CC(C)NC12CCC1C(C(C)(C)C)C2. The summed E-state index contributed by atoms with van der Waals surface area (Å²) in [6, 6.07) is 0.652. The molecule has 14 heavy (non-hydrogen) atoms. The van der Waals surface area contributed by atoms with E-state index < -0.39 is 0 Å². The zero-order valence-electron chi connectivity index (χ0n) is 10.4. The summed E-state index contributed by atoms with van der Waals surface area (Å²) < 4.78 is 0. The predicted molar refractivity (Wildman–Crippen MR) is 61.3 cm³/mol. The molecule has 0 aromatic heterocycles. The minimum absolute atomic E-state index is 0.521. The molecule has 82 valence electrons. The highest BCUT2D eigenvalue weighted by molar-refractivity contribution is 5.17. The molecule has 0 saturated heterocycles. The van der Waals surface area contributed by atoms with Crippen molar-refractivity contribution < 1.29 is 0 Å². The molecule has 0 heterocycles. The molecule has 0 aliphatic heterocycles. The van der Waals surface area contributed by atoms with Gasteiger partial charge in [0.25, 0.3) is 0 Å². The van der Waals surface area contributed by atoms with Crippen molar-refractivity contribution in [1.82, 2.24) is 5.32 Å². The highest BCUT2D eigenvalue weighted by Crippen LogP contribution is 2.62. The molecule has 1 nitrogen and oxygen atoms in total. The van der Waals surface area contributed by atoms with Crippen molar-refractivity contribution in [2.75, 3.05) is 0 Å². The van der Waals surface area contributed by atoms with Crippen molar-refractivity contribution in [3.05, 3.63) is 0 Å². The van der Waals surface area contributed by atoms with E-state index in [1.807, 2.05) is 0 Å². The summed E-state index contributed by atoms with van der Waals surface area (Å²) in [6.45, 7) is 11.7. The molecule has 0 radical (unpaired) electrons. The van der Waals surface area contributed by atoms with Crippen LogP contribution in [0.2, 0.25) is 0 Å². The van der Waals surface area contributed by atoms with E-state index in [4.69, 9.17) is 0 Å². The second-order valence-electron chi connectivity index (χ2n) is 6.78. The fraction of sp³-hybridized carbons (Fsp3) is 1.00. The summed E-state index contributed by atoms with van der Waals surface area (Å²) in [5.74, 6) is 1.94. The van der Waals surface area contributed by atoms with Crippen LogP contribution in [0.15, 0.2) is 0 Å². The molecule has 3 atom stereocenters. The maximum Gasteiger partial charge on any atom is 0.0217 e. The van der Waals surface area contributed by atoms with E-state index in [1.165, 1.54) is 19.3 Å². The lowest BCUT2D eigenvalue weighted by molar-refractivity contribution is -0.131. The van der Waals surface area contributed by atoms with Crippen LogP contribution in [-0.2, 0) is 0 Å². The molecule has 0 bridgehead atoms. The summed E-state index contributed by atoms with van der Waals surface area (Å²) in [4.78, 5) is 0. The van der Waals surface area contributed by atoms with Crippen molar-refractivity contribution in [3.63, 3.8) is 0 Å². The van der Waals surface area contributed by atoms with E-state index in [2.05, 4.69) is 39.9 Å². The van der Waals surface area contributed by atoms with E-state index >= 15 is 0 Å². The molecule has 2 aliphatic carbocycles. The average Bonchev–Trinajstić information content (AvgIpc) is 1.98. The zero-order valence-corrected chi connectivity index (χ0v) is 10.4. The maximum atomic E-state index is 3.79. The molecular weight excluding hydrogens is 170 g/mol. The van der Waals surface area contributed by atoms with Crippen LogP contribution in [0.25, 0.3) is 0 Å². The Balaban J connectivity index is 1.97. The van der Waals surface area contributed by atoms with E-state index in [-0.39, 0.29) is 0 Å². The molecule has 0 aromatic rings. The van der Waals surface area contributed by atoms with Gasteiger partial charge in [-0.05, 0) is 36.5 Å². The third-order valence-corrected chi connectivity index (χ3v) is 4.37. The number of rotatable bonds is 2. The second kappa shape index (κ2) is 2.98. The summed E-state index contributed by atoms with van der Waals surface area (Å²) >= 11 is 0. The topological polar surface area (TPSA) is 12.0 Å². The van der Waals surface area contributed by atoms with Crippen molar-refractivity contribution in [2.45, 2.75) is 65.5 Å². The lowest BCUT2D eigenvalue weighted by Crippen LogP contribution is -2.72. The molecule has 0 amide bonds. The fourth-order valence-electron chi connectivity index (χ4n) is 3.60. The van der Waals surface area contributed by atoms with Crippen molar-refractivity contribution in [3.8, 4) is 0 Å². The van der Waals surface area contributed by atoms with Crippen molar-refractivity contribution in [2.24, 2.45) is 17.3 Å². The number of hydrogen-bond acceptors (Lipinski definition) is 1. The Bertz CT molecular complexity index is 226. The Kier molecular flexibility index (Phi) is 2.23. The summed E-state index contributed by atoms with van der Waals surface area (Å²) in [6.07, 6.45) is 4.30. The molecule has 2 fully saturated rings. The van der Waals surface area contributed by atoms with Crippen LogP contribution in [0, 0.1) is 17.3 Å². The first-order chi connectivity index (χ1) is 6.35. The van der Waals surface area contributed by atoms with Crippen molar-refractivity contribution >= 4 is 0 Å². The molecule has 2 saturated carbocycles. The second-order valence-corrected chi connectivity index (χ2v) is 6.78. The lowest BCUT2D eigenvalue weighted by Gasteiger charge is -2.67. The molecular formula is C13H25N. The summed E-state index contributed by atoms with van der Waals surface area (Å²) in [7, 11) is 0. The van der Waals surface area contributed by atoms with Crippen LogP contribution < -0.4 is 5.32 Å². The van der Waals surface area contributed by atoms with Gasteiger partial charge in [0, 0.05) is 11.6 Å². The van der Waals surface area contributed by atoms with Gasteiger partial charge in [-0.25, -0.2) is 0 Å². The Morgan fingerprint density at radius 2 is 1.93 bits per heavy atom. The van der Waals surface area contributed by atoms with Crippen molar-refractivity contribution in [1.29, 1.82) is 0 Å². The van der Waals surface area contributed by atoms with Crippen LogP contribution >= 0.6 is 0 Å². The van der Waals surface area contributed by atoms with E-state index in [0.29, 0.717) is 17.0 Å². The van der Waals surface area contributed by atoms with Gasteiger partial charge in [0.15, 0.2) is 0 Å². The van der Waals surface area contributed by atoms with Gasteiger partial charge in [0.2, 0.25) is 0 Å². The maximum absolute atomic E-state index is 3.79. The number of hydrogen-bond donors (Lipinski definition) is 1. The van der Waals surface area contributed by atoms with Gasteiger partial charge in [-0.15, -0.1) is 0 Å². The van der Waals surface area contributed by atoms with Crippen LogP contribution in [0.1, 0.15) is 53.9 Å². The normalized spacial score (nSPS) is 41.6. The molecule has 1 N–H and O–H groups in total. The Labute approximate surface area is 88.7 Å².